The SMILES string of the molecule is CC(C)(C)OC(=O)N1CCC(c2cccc3ccncc23)CC1. The molecule has 0 atom stereocenters. The number of pyridine rings is 1. The molecular formula is C19H24N2O2. The van der Waals surface area contributed by atoms with Crippen LogP contribution in [-0.4, -0.2) is 34.7 Å². The van der Waals surface area contributed by atoms with Crippen LogP contribution >= 0.6 is 0 Å². The van der Waals surface area contributed by atoms with Gasteiger partial charge in [-0.3, -0.25) is 4.98 Å². The van der Waals surface area contributed by atoms with Crippen LogP contribution in [0.5, 0.6) is 0 Å². The van der Waals surface area contributed by atoms with Crippen LogP contribution in [-0.2, 0) is 4.74 Å². The predicted octanol–water partition coefficient (Wildman–Crippen LogP) is 4.35. The van der Waals surface area contributed by atoms with E-state index in [9.17, 15) is 4.79 Å². The average molecular weight is 312 g/mol. The first kappa shape index (κ1) is 15.8. The molecule has 1 saturated heterocycles. The Morgan fingerprint density at radius 2 is 1.96 bits per heavy atom. The van der Waals surface area contributed by atoms with Crippen LogP contribution in [0.3, 0.4) is 0 Å². The zero-order chi connectivity index (χ0) is 16.4. The molecule has 0 bridgehead atoms. The Hall–Kier alpha value is -2.10. The Balaban J connectivity index is 1.70. The smallest absolute Gasteiger partial charge is 0.410 e. The van der Waals surface area contributed by atoms with E-state index in [0.717, 1.165) is 25.9 Å². The molecule has 3 rings (SSSR count). The Kier molecular flexibility index (Phi) is 4.24. The van der Waals surface area contributed by atoms with Crippen LogP contribution in [0.15, 0.2) is 36.7 Å². The van der Waals surface area contributed by atoms with E-state index in [0.29, 0.717) is 5.92 Å². The summed E-state index contributed by atoms with van der Waals surface area (Å²) in [6.07, 6.45) is 5.51. The lowest BCUT2D eigenvalue weighted by atomic mass is 9.87. The highest BCUT2D eigenvalue weighted by molar-refractivity contribution is 5.85. The van der Waals surface area contributed by atoms with Gasteiger partial charge in [-0.2, -0.15) is 0 Å². The lowest BCUT2D eigenvalue weighted by Crippen LogP contribution is -2.41. The highest BCUT2D eigenvalue weighted by atomic mass is 16.6. The molecule has 1 aliphatic heterocycles. The highest BCUT2D eigenvalue weighted by Gasteiger charge is 2.28. The second-order valence-electron chi connectivity index (χ2n) is 7.19. The third-order valence-corrected chi connectivity index (χ3v) is 4.30. The van der Waals surface area contributed by atoms with E-state index >= 15 is 0 Å². The number of nitrogens with zero attached hydrogens (tertiary/aromatic N) is 2. The molecule has 0 aliphatic carbocycles. The van der Waals surface area contributed by atoms with E-state index in [2.05, 4.69) is 29.2 Å². The fraction of sp³-hybridized carbons (Fsp3) is 0.474. The van der Waals surface area contributed by atoms with E-state index in [-0.39, 0.29) is 6.09 Å². The maximum Gasteiger partial charge on any atom is 0.410 e. The number of carbonyl (C=O) groups excluding carboxylic acids is 1. The van der Waals surface area contributed by atoms with Gasteiger partial charge >= 0.3 is 6.09 Å². The summed E-state index contributed by atoms with van der Waals surface area (Å²) in [7, 11) is 0. The van der Waals surface area contributed by atoms with Gasteiger partial charge in [-0.1, -0.05) is 18.2 Å². The lowest BCUT2D eigenvalue weighted by Gasteiger charge is -2.34. The van der Waals surface area contributed by atoms with E-state index in [1.54, 1.807) is 0 Å². The normalized spacial score (nSPS) is 16.6. The largest absolute Gasteiger partial charge is 0.444 e. The van der Waals surface area contributed by atoms with Crippen LogP contribution < -0.4 is 0 Å². The molecule has 1 fully saturated rings. The van der Waals surface area contributed by atoms with Crippen LogP contribution in [0.2, 0.25) is 0 Å². The Bertz CT molecular complexity index is 693. The molecule has 0 spiro atoms. The number of fused-ring (bicyclic) bond motifs is 1. The Morgan fingerprint density at radius 3 is 2.65 bits per heavy atom. The number of benzene rings is 1. The summed E-state index contributed by atoms with van der Waals surface area (Å²) in [5.74, 6) is 0.474. The molecule has 4 heteroatoms. The number of rotatable bonds is 1. The van der Waals surface area contributed by atoms with Gasteiger partial charge in [-0.15, -0.1) is 0 Å². The van der Waals surface area contributed by atoms with Crippen molar-refractivity contribution >= 4 is 16.9 Å². The molecular weight excluding hydrogens is 288 g/mol. The van der Waals surface area contributed by atoms with Crippen LogP contribution in [0.25, 0.3) is 10.8 Å². The molecule has 2 aromatic rings. The van der Waals surface area contributed by atoms with Gasteiger partial charge in [0.25, 0.3) is 0 Å². The fourth-order valence-electron chi connectivity index (χ4n) is 3.19. The lowest BCUT2D eigenvalue weighted by molar-refractivity contribution is 0.0205. The maximum atomic E-state index is 12.2. The number of carbonyl (C=O) groups is 1. The van der Waals surface area contributed by atoms with Crippen molar-refractivity contribution in [3.63, 3.8) is 0 Å². The molecule has 1 aromatic carbocycles. The number of hydrogen-bond donors (Lipinski definition) is 0. The zero-order valence-corrected chi connectivity index (χ0v) is 14.1. The first-order chi connectivity index (χ1) is 10.9. The monoisotopic (exact) mass is 312 g/mol. The van der Waals surface area contributed by atoms with Crippen molar-refractivity contribution in [2.24, 2.45) is 0 Å². The van der Waals surface area contributed by atoms with Crippen molar-refractivity contribution in [3.8, 4) is 0 Å². The van der Waals surface area contributed by atoms with Crippen molar-refractivity contribution in [1.29, 1.82) is 0 Å². The van der Waals surface area contributed by atoms with Crippen LogP contribution in [0.1, 0.15) is 45.1 Å². The van der Waals surface area contributed by atoms with Gasteiger partial charge < -0.3 is 9.64 Å². The second kappa shape index (κ2) is 6.19. The van der Waals surface area contributed by atoms with Crippen LogP contribution in [0, 0.1) is 0 Å². The summed E-state index contributed by atoms with van der Waals surface area (Å²) in [5, 5.41) is 2.46. The molecule has 0 unspecified atom stereocenters. The van der Waals surface area contributed by atoms with Gasteiger partial charge in [0, 0.05) is 30.9 Å². The molecule has 1 amide bonds. The molecule has 0 N–H and O–H groups in total. The first-order valence-corrected chi connectivity index (χ1v) is 8.24. The number of piperidine rings is 1. The van der Waals surface area contributed by atoms with Gasteiger partial charge in [0.1, 0.15) is 5.60 Å². The fourth-order valence-corrected chi connectivity index (χ4v) is 3.19. The molecule has 0 saturated carbocycles. The van der Waals surface area contributed by atoms with E-state index in [1.165, 1.54) is 16.3 Å². The topological polar surface area (TPSA) is 42.4 Å². The third kappa shape index (κ3) is 3.63. The summed E-state index contributed by atoms with van der Waals surface area (Å²) >= 11 is 0. The van der Waals surface area contributed by atoms with Gasteiger partial charge in [0.15, 0.2) is 0 Å². The Labute approximate surface area is 137 Å². The molecule has 0 radical (unpaired) electrons. The molecule has 2 heterocycles. The van der Waals surface area contributed by atoms with Crippen molar-refractivity contribution in [2.45, 2.75) is 45.1 Å². The summed E-state index contributed by atoms with van der Waals surface area (Å²) < 4.78 is 5.47. The summed E-state index contributed by atoms with van der Waals surface area (Å²) in [6.45, 7) is 7.20. The number of amides is 1. The zero-order valence-electron chi connectivity index (χ0n) is 14.1. The molecule has 4 nitrogen and oxygen atoms in total. The van der Waals surface area contributed by atoms with E-state index in [4.69, 9.17) is 4.74 Å². The van der Waals surface area contributed by atoms with E-state index in [1.807, 2.05) is 38.1 Å². The minimum absolute atomic E-state index is 0.199. The van der Waals surface area contributed by atoms with Gasteiger partial charge in [-0.25, -0.2) is 4.79 Å². The first-order valence-electron chi connectivity index (χ1n) is 8.24. The molecule has 122 valence electrons. The maximum absolute atomic E-state index is 12.2. The van der Waals surface area contributed by atoms with Crippen LogP contribution in [0.4, 0.5) is 4.79 Å². The van der Waals surface area contributed by atoms with E-state index < -0.39 is 5.60 Å². The molecule has 1 aliphatic rings. The quantitative estimate of drug-likeness (QED) is 0.786. The van der Waals surface area contributed by atoms with Gasteiger partial charge in [0.05, 0.1) is 0 Å². The van der Waals surface area contributed by atoms with Gasteiger partial charge in [-0.05, 0) is 56.5 Å². The Morgan fingerprint density at radius 1 is 1.22 bits per heavy atom. The number of hydrogen-bond acceptors (Lipinski definition) is 3. The number of ether oxygens (including phenoxy) is 1. The van der Waals surface area contributed by atoms with Crippen molar-refractivity contribution in [3.05, 3.63) is 42.2 Å². The van der Waals surface area contributed by atoms with Crippen molar-refractivity contribution in [2.75, 3.05) is 13.1 Å². The minimum Gasteiger partial charge on any atom is -0.444 e. The van der Waals surface area contributed by atoms with Crippen molar-refractivity contribution in [1.82, 2.24) is 9.88 Å². The summed E-state index contributed by atoms with van der Waals surface area (Å²) in [6, 6.07) is 8.47. The number of likely N-dealkylation sites (tertiary alicyclic amines) is 1. The highest BCUT2D eigenvalue weighted by Crippen LogP contribution is 2.33. The third-order valence-electron chi connectivity index (χ3n) is 4.30. The molecule has 23 heavy (non-hydrogen) atoms. The number of aromatic nitrogens is 1. The predicted molar refractivity (Wildman–Crippen MR) is 91.5 cm³/mol. The standard InChI is InChI=1S/C19H24N2O2/c1-19(2,3)23-18(22)21-11-8-15(9-12-21)16-6-4-5-14-7-10-20-13-17(14)16/h4-7,10,13,15H,8-9,11-12H2,1-3H3. The second-order valence-corrected chi connectivity index (χ2v) is 7.19. The summed E-state index contributed by atoms with van der Waals surface area (Å²) in [5.41, 5.74) is 0.911. The average Bonchev–Trinajstić information content (AvgIpc) is 2.53. The summed E-state index contributed by atoms with van der Waals surface area (Å²) in [4.78, 5) is 18.3. The van der Waals surface area contributed by atoms with Crippen molar-refractivity contribution < 1.29 is 9.53 Å². The minimum atomic E-state index is -0.435. The van der Waals surface area contributed by atoms with Gasteiger partial charge in [0.2, 0.25) is 0 Å². The molecule has 1 aromatic heterocycles.